The Hall–Kier alpha value is -0.355. The number of hydrogen-bond acceptors (Lipinski definition) is 2. The smallest absolute Gasteiger partial charge is 0.418 e. The van der Waals surface area contributed by atoms with Gasteiger partial charge >= 0.3 is 7.25 Å². The largest absolute Gasteiger partial charge is 0.673 e. The fourth-order valence-corrected chi connectivity index (χ4v) is 0.676. The lowest BCUT2D eigenvalue weighted by atomic mass is 10.3. The van der Waals surface area contributed by atoms with Gasteiger partial charge in [0.25, 0.3) is 0 Å². The first kappa shape index (κ1) is 11.6. The van der Waals surface area contributed by atoms with E-state index in [-0.39, 0.29) is 0 Å². The molecule has 0 fully saturated rings. The zero-order chi connectivity index (χ0) is 9.78. The highest BCUT2D eigenvalue weighted by Crippen LogP contribution is 2.06. The van der Waals surface area contributed by atoms with E-state index in [1.807, 2.05) is 0 Å². The average molecular weight is 222 g/mol. The van der Waals surface area contributed by atoms with Crippen LogP contribution in [0.4, 0.5) is 17.3 Å². The third-order valence-electron chi connectivity index (χ3n) is 0.484. The van der Waals surface area contributed by atoms with Crippen molar-refractivity contribution in [2.75, 3.05) is 0 Å². The maximum atomic E-state index is 9.75. The molecule has 70 valence electrons. The highest BCUT2D eigenvalue weighted by Gasteiger charge is 2.20. The fourth-order valence-electron chi connectivity index (χ4n) is 0.255. The zero-order valence-corrected chi connectivity index (χ0v) is 7.37. The first-order chi connectivity index (χ1) is 5.29. The predicted molar refractivity (Wildman–Crippen MR) is 40.8 cm³/mol. The molecular weight excluding hydrogens is 219 g/mol. The SMILES string of the molecule is F[B-](F)(F)F.Pc1cn(Cl)nn1. The Morgan fingerprint density at radius 2 is 1.83 bits per heavy atom. The van der Waals surface area contributed by atoms with Gasteiger partial charge in [0.15, 0.2) is 0 Å². The molecule has 1 rings (SSSR count). The minimum absolute atomic E-state index is 0.745. The lowest BCUT2D eigenvalue weighted by molar-refractivity contribution is 0.368. The van der Waals surface area contributed by atoms with Gasteiger partial charge in [0.2, 0.25) is 0 Å². The van der Waals surface area contributed by atoms with Gasteiger partial charge in [-0.3, -0.25) is 0 Å². The molecular formula is C2H3BClF4N3P-. The summed E-state index contributed by atoms with van der Waals surface area (Å²) in [6.45, 7) is 0. The average Bonchev–Trinajstić information content (AvgIpc) is 2.09. The van der Waals surface area contributed by atoms with Crippen LogP contribution in [0, 0.1) is 0 Å². The van der Waals surface area contributed by atoms with E-state index in [4.69, 9.17) is 11.8 Å². The van der Waals surface area contributed by atoms with Crippen LogP contribution in [-0.4, -0.2) is 21.8 Å². The standard InChI is InChI=1S/C2H3ClN3P.BF4/c3-6-1-2(7)4-5-6;2-1(3,4)5/h1H,7H2;/q;-1. The van der Waals surface area contributed by atoms with Gasteiger partial charge in [0, 0.05) is 11.8 Å². The van der Waals surface area contributed by atoms with Crippen molar-refractivity contribution >= 4 is 33.7 Å². The van der Waals surface area contributed by atoms with Crippen molar-refractivity contribution in [3.8, 4) is 0 Å². The van der Waals surface area contributed by atoms with Crippen LogP contribution in [-0.2, 0) is 0 Å². The third-order valence-corrected chi connectivity index (χ3v) is 0.914. The monoisotopic (exact) mass is 222 g/mol. The van der Waals surface area contributed by atoms with Gasteiger partial charge in [-0.05, 0) is 0 Å². The van der Waals surface area contributed by atoms with Gasteiger partial charge in [-0.25, -0.2) is 0 Å². The molecule has 0 amide bonds. The van der Waals surface area contributed by atoms with Crippen molar-refractivity contribution in [3.63, 3.8) is 0 Å². The summed E-state index contributed by atoms with van der Waals surface area (Å²) >= 11 is 5.29. The highest BCUT2D eigenvalue weighted by molar-refractivity contribution is 7.26. The molecule has 1 aromatic rings. The second-order valence-corrected chi connectivity index (χ2v) is 2.46. The molecule has 0 aliphatic carbocycles. The van der Waals surface area contributed by atoms with E-state index in [1.54, 1.807) is 6.20 Å². The number of rotatable bonds is 0. The maximum Gasteiger partial charge on any atom is 0.673 e. The Bertz CT molecular complexity index is 216. The molecule has 0 radical (unpaired) electrons. The molecule has 3 nitrogen and oxygen atoms in total. The molecule has 1 atom stereocenters. The van der Waals surface area contributed by atoms with Gasteiger partial charge in [0.05, 0.1) is 6.20 Å². The van der Waals surface area contributed by atoms with Crippen molar-refractivity contribution in [3.05, 3.63) is 6.20 Å². The number of nitrogens with zero attached hydrogens (tertiary/aromatic N) is 3. The molecule has 0 N–H and O–H groups in total. The van der Waals surface area contributed by atoms with E-state index in [2.05, 4.69) is 19.6 Å². The second-order valence-electron chi connectivity index (χ2n) is 1.53. The zero-order valence-electron chi connectivity index (χ0n) is 5.46. The van der Waals surface area contributed by atoms with E-state index in [1.165, 1.54) is 0 Å². The summed E-state index contributed by atoms with van der Waals surface area (Å²) in [6, 6.07) is 0. The number of halogens is 5. The molecule has 0 aliphatic rings. The highest BCUT2D eigenvalue weighted by atomic mass is 35.5. The Kier molecular flexibility index (Phi) is 4.48. The quantitative estimate of drug-likeness (QED) is 0.373. The fraction of sp³-hybridized carbons (Fsp3) is 0. The minimum atomic E-state index is -6.00. The lowest BCUT2D eigenvalue weighted by Crippen LogP contribution is -2.02. The first-order valence-electron chi connectivity index (χ1n) is 2.50. The summed E-state index contributed by atoms with van der Waals surface area (Å²) in [5.41, 5.74) is 0.745. The summed E-state index contributed by atoms with van der Waals surface area (Å²) in [7, 11) is -3.63. The summed E-state index contributed by atoms with van der Waals surface area (Å²) in [5.74, 6) is 0. The summed E-state index contributed by atoms with van der Waals surface area (Å²) in [6.07, 6.45) is 1.59. The Balaban J connectivity index is 0.000000217. The molecule has 0 spiro atoms. The van der Waals surface area contributed by atoms with Crippen molar-refractivity contribution < 1.29 is 17.3 Å². The van der Waals surface area contributed by atoms with Crippen LogP contribution in [0.1, 0.15) is 0 Å². The molecule has 0 aromatic carbocycles. The van der Waals surface area contributed by atoms with Crippen LogP contribution in [0.2, 0.25) is 0 Å². The van der Waals surface area contributed by atoms with Gasteiger partial charge in [-0.1, -0.05) is 14.5 Å². The van der Waals surface area contributed by atoms with E-state index in [0.717, 1.165) is 9.64 Å². The molecule has 1 heterocycles. The van der Waals surface area contributed by atoms with E-state index in [0.29, 0.717) is 0 Å². The van der Waals surface area contributed by atoms with Crippen LogP contribution < -0.4 is 5.44 Å². The molecule has 12 heavy (non-hydrogen) atoms. The van der Waals surface area contributed by atoms with Gasteiger partial charge < -0.3 is 17.3 Å². The van der Waals surface area contributed by atoms with Crippen LogP contribution in [0.25, 0.3) is 0 Å². The number of aromatic nitrogens is 3. The van der Waals surface area contributed by atoms with Crippen molar-refractivity contribution in [2.24, 2.45) is 0 Å². The summed E-state index contributed by atoms with van der Waals surface area (Å²) < 4.78 is 40.1. The van der Waals surface area contributed by atoms with E-state index >= 15 is 0 Å². The topological polar surface area (TPSA) is 30.7 Å². The molecule has 0 aliphatic heterocycles. The van der Waals surface area contributed by atoms with Crippen molar-refractivity contribution in [1.29, 1.82) is 0 Å². The van der Waals surface area contributed by atoms with Crippen LogP contribution in [0.15, 0.2) is 6.20 Å². The van der Waals surface area contributed by atoms with Crippen molar-refractivity contribution in [1.82, 2.24) is 14.5 Å². The minimum Gasteiger partial charge on any atom is -0.418 e. The summed E-state index contributed by atoms with van der Waals surface area (Å²) in [5, 5.41) is 6.99. The Morgan fingerprint density at radius 3 is 1.92 bits per heavy atom. The maximum absolute atomic E-state index is 9.75. The summed E-state index contributed by atoms with van der Waals surface area (Å²) in [4.78, 5) is 0. The molecule has 1 aromatic heterocycles. The third kappa shape index (κ3) is 9.64. The van der Waals surface area contributed by atoms with Gasteiger partial charge in [-0.15, -0.1) is 5.10 Å². The normalized spacial score (nSPS) is 10.5. The molecule has 10 heteroatoms. The van der Waals surface area contributed by atoms with Crippen LogP contribution >= 0.6 is 21.0 Å². The number of hydrogen-bond donors (Lipinski definition) is 0. The van der Waals surface area contributed by atoms with Gasteiger partial charge in [-0.2, -0.15) is 4.20 Å². The first-order valence-corrected chi connectivity index (χ1v) is 3.42. The molecule has 0 saturated heterocycles. The second kappa shape index (κ2) is 4.62. The molecule has 0 bridgehead atoms. The molecule has 0 saturated carbocycles. The van der Waals surface area contributed by atoms with Crippen LogP contribution in [0.5, 0.6) is 0 Å². The van der Waals surface area contributed by atoms with E-state index < -0.39 is 7.25 Å². The van der Waals surface area contributed by atoms with Crippen LogP contribution in [0.3, 0.4) is 0 Å². The van der Waals surface area contributed by atoms with Gasteiger partial charge in [0.1, 0.15) is 5.44 Å². The van der Waals surface area contributed by atoms with Crippen molar-refractivity contribution in [2.45, 2.75) is 0 Å². The Labute approximate surface area is 72.5 Å². The molecule has 1 unspecified atom stereocenters. The van der Waals surface area contributed by atoms with E-state index in [9.17, 15) is 17.3 Å². The Morgan fingerprint density at radius 1 is 1.42 bits per heavy atom. The predicted octanol–water partition coefficient (Wildman–Crippen LogP) is 1.08. The lowest BCUT2D eigenvalue weighted by Gasteiger charge is -1.94.